The molecule has 0 radical (unpaired) electrons. The summed E-state index contributed by atoms with van der Waals surface area (Å²) < 4.78 is 0. The molecule has 2 heterocycles. The van der Waals surface area contributed by atoms with Gasteiger partial charge in [-0.3, -0.25) is 9.78 Å². The second-order valence-corrected chi connectivity index (χ2v) is 4.94. The van der Waals surface area contributed by atoms with E-state index in [0.29, 0.717) is 17.4 Å². The molecule has 1 aromatic heterocycles. The summed E-state index contributed by atoms with van der Waals surface area (Å²) in [5, 5.41) is 11.5. The SMILES string of the molecule is CCC1CCCN1C(=O)Nc1ccc(CC(=O)O)nc1. The summed E-state index contributed by atoms with van der Waals surface area (Å²) in [6.45, 7) is 2.87. The lowest BCUT2D eigenvalue weighted by Gasteiger charge is -2.23. The highest BCUT2D eigenvalue weighted by Gasteiger charge is 2.27. The number of likely N-dealkylation sites (tertiary alicyclic amines) is 1. The van der Waals surface area contributed by atoms with Crippen LogP contribution in [-0.4, -0.2) is 39.6 Å². The first-order valence-electron chi connectivity index (χ1n) is 6.84. The zero-order chi connectivity index (χ0) is 14.5. The number of nitrogens with one attached hydrogen (secondary N) is 1. The van der Waals surface area contributed by atoms with Crippen molar-refractivity contribution in [2.45, 2.75) is 38.6 Å². The Morgan fingerprint density at radius 1 is 1.50 bits per heavy atom. The van der Waals surface area contributed by atoms with Crippen LogP contribution in [0.1, 0.15) is 31.9 Å². The van der Waals surface area contributed by atoms with Gasteiger partial charge in [-0.2, -0.15) is 0 Å². The van der Waals surface area contributed by atoms with Crippen molar-refractivity contribution >= 4 is 17.7 Å². The van der Waals surface area contributed by atoms with Crippen LogP contribution in [0.5, 0.6) is 0 Å². The van der Waals surface area contributed by atoms with Crippen LogP contribution >= 0.6 is 0 Å². The Kier molecular flexibility index (Phi) is 4.55. The minimum Gasteiger partial charge on any atom is -0.481 e. The van der Waals surface area contributed by atoms with Crippen molar-refractivity contribution in [2.24, 2.45) is 0 Å². The quantitative estimate of drug-likeness (QED) is 0.883. The molecule has 1 aliphatic rings. The van der Waals surface area contributed by atoms with Crippen molar-refractivity contribution in [3.8, 4) is 0 Å². The van der Waals surface area contributed by atoms with Crippen molar-refractivity contribution < 1.29 is 14.7 Å². The second kappa shape index (κ2) is 6.36. The standard InChI is InChI=1S/C14H19N3O3/c1-2-12-4-3-7-17(12)14(20)16-11-6-5-10(15-9-11)8-13(18)19/h5-6,9,12H,2-4,7-8H2,1H3,(H,16,20)(H,18,19). The van der Waals surface area contributed by atoms with Crippen LogP contribution in [0.15, 0.2) is 18.3 Å². The number of hydrogen-bond donors (Lipinski definition) is 2. The summed E-state index contributed by atoms with van der Waals surface area (Å²) in [7, 11) is 0. The summed E-state index contributed by atoms with van der Waals surface area (Å²) >= 11 is 0. The molecule has 20 heavy (non-hydrogen) atoms. The van der Waals surface area contributed by atoms with Gasteiger partial charge in [-0.1, -0.05) is 6.92 Å². The normalized spacial score (nSPS) is 18.1. The number of urea groups is 1. The number of aromatic nitrogens is 1. The second-order valence-electron chi connectivity index (χ2n) is 4.94. The maximum absolute atomic E-state index is 12.1. The molecule has 0 aliphatic carbocycles. The van der Waals surface area contributed by atoms with E-state index in [2.05, 4.69) is 17.2 Å². The molecular formula is C14H19N3O3. The highest BCUT2D eigenvalue weighted by atomic mass is 16.4. The molecule has 2 N–H and O–H groups in total. The number of amides is 2. The van der Waals surface area contributed by atoms with E-state index in [1.165, 1.54) is 6.20 Å². The first-order chi connectivity index (χ1) is 9.60. The largest absolute Gasteiger partial charge is 0.481 e. The van der Waals surface area contributed by atoms with Crippen LogP contribution in [0.4, 0.5) is 10.5 Å². The molecule has 2 amide bonds. The lowest BCUT2D eigenvalue weighted by atomic mass is 10.2. The highest BCUT2D eigenvalue weighted by molar-refractivity contribution is 5.89. The molecule has 1 atom stereocenters. The fourth-order valence-corrected chi connectivity index (χ4v) is 2.48. The number of nitrogens with zero attached hydrogens (tertiary/aromatic N) is 2. The number of aliphatic carboxylic acids is 1. The van der Waals surface area contributed by atoms with Gasteiger partial charge in [0.25, 0.3) is 0 Å². The number of pyridine rings is 1. The minimum absolute atomic E-state index is 0.109. The molecule has 6 nitrogen and oxygen atoms in total. The zero-order valence-corrected chi connectivity index (χ0v) is 11.5. The Hall–Kier alpha value is -2.11. The fraction of sp³-hybridized carbons (Fsp3) is 0.500. The molecule has 1 fully saturated rings. The van der Waals surface area contributed by atoms with E-state index in [1.807, 2.05) is 4.90 Å². The van der Waals surface area contributed by atoms with E-state index in [9.17, 15) is 9.59 Å². The molecule has 0 aromatic carbocycles. The lowest BCUT2D eigenvalue weighted by Crippen LogP contribution is -2.38. The number of carbonyl (C=O) groups excluding carboxylic acids is 1. The van der Waals surface area contributed by atoms with Gasteiger partial charge in [0.15, 0.2) is 0 Å². The van der Waals surface area contributed by atoms with Crippen LogP contribution in [0.3, 0.4) is 0 Å². The number of rotatable bonds is 4. The molecule has 0 bridgehead atoms. The van der Waals surface area contributed by atoms with Gasteiger partial charge >= 0.3 is 12.0 Å². The van der Waals surface area contributed by atoms with Crippen LogP contribution in [-0.2, 0) is 11.2 Å². The van der Waals surface area contributed by atoms with E-state index in [1.54, 1.807) is 12.1 Å². The van der Waals surface area contributed by atoms with Gasteiger partial charge in [0, 0.05) is 12.6 Å². The van der Waals surface area contributed by atoms with E-state index in [0.717, 1.165) is 25.8 Å². The fourth-order valence-electron chi connectivity index (χ4n) is 2.48. The summed E-state index contributed by atoms with van der Waals surface area (Å²) in [6.07, 6.45) is 4.44. The topological polar surface area (TPSA) is 82.5 Å². The maximum Gasteiger partial charge on any atom is 0.322 e. The third-order valence-corrected chi connectivity index (χ3v) is 3.52. The van der Waals surface area contributed by atoms with E-state index >= 15 is 0 Å². The predicted octanol–water partition coefficient (Wildman–Crippen LogP) is 2.12. The van der Waals surface area contributed by atoms with Crippen molar-refractivity contribution in [2.75, 3.05) is 11.9 Å². The number of carboxylic acid groups (broad SMARTS) is 1. The first kappa shape index (κ1) is 14.3. The smallest absolute Gasteiger partial charge is 0.322 e. The number of carboxylic acids is 1. The lowest BCUT2D eigenvalue weighted by molar-refractivity contribution is -0.136. The summed E-state index contributed by atoms with van der Waals surface area (Å²) in [5.74, 6) is -0.919. The zero-order valence-electron chi connectivity index (χ0n) is 11.5. The van der Waals surface area contributed by atoms with Crippen LogP contribution in [0.25, 0.3) is 0 Å². The molecule has 1 aromatic rings. The molecular weight excluding hydrogens is 258 g/mol. The van der Waals surface area contributed by atoms with Crippen molar-refractivity contribution in [3.05, 3.63) is 24.0 Å². The Morgan fingerprint density at radius 2 is 2.30 bits per heavy atom. The predicted molar refractivity (Wildman–Crippen MR) is 74.6 cm³/mol. The number of hydrogen-bond acceptors (Lipinski definition) is 3. The summed E-state index contributed by atoms with van der Waals surface area (Å²) in [6, 6.07) is 3.50. The highest BCUT2D eigenvalue weighted by Crippen LogP contribution is 2.21. The van der Waals surface area contributed by atoms with E-state index in [-0.39, 0.29) is 12.5 Å². The molecule has 6 heteroatoms. The average Bonchev–Trinajstić information content (AvgIpc) is 2.89. The van der Waals surface area contributed by atoms with Crippen molar-refractivity contribution in [1.29, 1.82) is 0 Å². The maximum atomic E-state index is 12.1. The number of carbonyl (C=O) groups is 2. The molecule has 2 rings (SSSR count). The summed E-state index contributed by atoms with van der Waals surface area (Å²) in [5.41, 5.74) is 1.06. The molecule has 1 saturated heterocycles. The molecule has 1 aliphatic heterocycles. The number of anilines is 1. The molecule has 0 spiro atoms. The summed E-state index contributed by atoms with van der Waals surface area (Å²) in [4.78, 5) is 28.6. The Balaban J connectivity index is 1.95. The van der Waals surface area contributed by atoms with Gasteiger partial charge in [0.2, 0.25) is 0 Å². The average molecular weight is 277 g/mol. The van der Waals surface area contributed by atoms with Gasteiger partial charge in [-0.05, 0) is 31.4 Å². The minimum atomic E-state index is -0.919. The van der Waals surface area contributed by atoms with Crippen LogP contribution in [0, 0.1) is 0 Å². The van der Waals surface area contributed by atoms with E-state index in [4.69, 9.17) is 5.11 Å². The first-order valence-corrected chi connectivity index (χ1v) is 6.84. The molecule has 0 saturated carbocycles. The van der Waals surface area contributed by atoms with Gasteiger partial charge < -0.3 is 15.3 Å². The monoisotopic (exact) mass is 277 g/mol. The third-order valence-electron chi connectivity index (χ3n) is 3.52. The van der Waals surface area contributed by atoms with Crippen molar-refractivity contribution in [1.82, 2.24) is 9.88 Å². The van der Waals surface area contributed by atoms with Gasteiger partial charge in [-0.25, -0.2) is 4.79 Å². The van der Waals surface area contributed by atoms with Crippen molar-refractivity contribution in [3.63, 3.8) is 0 Å². The van der Waals surface area contributed by atoms with Gasteiger partial charge in [0.1, 0.15) is 0 Å². The van der Waals surface area contributed by atoms with E-state index < -0.39 is 5.97 Å². The Morgan fingerprint density at radius 3 is 2.90 bits per heavy atom. The Bertz CT molecular complexity index is 487. The van der Waals surface area contributed by atoms with Crippen LogP contribution in [0.2, 0.25) is 0 Å². The molecule has 108 valence electrons. The van der Waals surface area contributed by atoms with Crippen LogP contribution < -0.4 is 5.32 Å². The Labute approximate surface area is 117 Å². The third kappa shape index (κ3) is 3.46. The van der Waals surface area contributed by atoms with Gasteiger partial charge in [-0.15, -0.1) is 0 Å². The molecule has 1 unspecified atom stereocenters. The van der Waals surface area contributed by atoms with Gasteiger partial charge in [0.05, 0.1) is 24.0 Å².